The van der Waals surface area contributed by atoms with Crippen LogP contribution < -0.4 is 28.4 Å². The molecule has 6 rings (SSSR count). The first-order valence-electron chi connectivity index (χ1n) is 18.7. The van der Waals surface area contributed by atoms with Gasteiger partial charge in [-0.05, 0) is 40.4 Å². The topological polar surface area (TPSA) is 64.6 Å². The highest BCUT2D eigenvalue weighted by atomic mass is 28.4. The molecule has 0 spiro atoms. The van der Waals surface area contributed by atoms with E-state index < -0.39 is 8.32 Å². The minimum Gasteiger partial charge on any atom is -0.495 e. The van der Waals surface area contributed by atoms with Crippen LogP contribution in [-0.2, 0) is 37.5 Å². The summed E-state index contributed by atoms with van der Waals surface area (Å²) in [5, 5.41) is 1.25. The number of ether oxygens (including phenoxy) is 6. The fourth-order valence-corrected chi connectivity index (χ4v) is 6.95. The van der Waals surface area contributed by atoms with Crippen molar-refractivity contribution in [3.8, 4) is 34.5 Å². The van der Waals surface area contributed by atoms with E-state index in [9.17, 15) is 0 Å². The largest absolute Gasteiger partial charge is 0.495 e. The summed E-state index contributed by atoms with van der Waals surface area (Å²) in [4.78, 5) is 0. The van der Waals surface area contributed by atoms with Gasteiger partial charge in [0.05, 0.1) is 37.2 Å². The average molecular weight is 757 g/mol. The van der Waals surface area contributed by atoms with Gasteiger partial charge < -0.3 is 32.8 Å². The normalized spacial score (nSPS) is 11.6. The molecule has 6 aromatic rings. The third-order valence-corrected chi connectivity index (χ3v) is 14.6. The Bertz CT molecular complexity index is 2130. The number of rotatable bonds is 17. The lowest BCUT2D eigenvalue weighted by Crippen LogP contribution is -2.40. The van der Waals surface area contributed by atoms with Crippen molar-refractivity contribution in [3.05, 3.63) is 155 Å². The molecule has 8 heteroatoms. The molecular weight excluding hydrogens is 705 g/mol. The molecule has 0 aliphatic carbocycles. The predicted octanol–water partition coefficient (Wildman–Crippen LogP) is 11.7. The second-order valence-corrected chi connectivity index (χ2v) is 19.8. The van der Waals surface area contributed by atoms with Gasteiger partial charge >= 0.3 is 0 Å². The lowest BCUT2D eigenvalue weighted by atomic mass is 9.99. The molecule has 0 heterocycles. The summed E-state index contributed by atoms with van der Waals surface area (Å²) in [6.07, 6.45) is 0. The SMILES string of the molecule is COc1cc(OCc2ccccc2)c2c(OCc3ccccc3)c(OCc3ccccc3)c(CO[Si](C)(C)C(C)(C)C)c(OC)c2c1OCc1ccccc1. The Hall–Kier alpha value is -5.44. The summed E-state index contributed by atoms with van der Waals surface area (Å²) in [7, 11) is 1.03. The molecule has 286 valence electrons. The highest BCUT2D eigenvalue weighted by Crippen LogP contribution is 2.56. The van der Waals surface area contributed by atoms with Crippen LogP contribution in [0.2, 0.25) is 18.1 Å². The minimum absolute atomic E-state index is 0.0413. The van der Waals surface area contributed by atoms with Gasteiger partial charge in [-0.2, -0.15) is 0 Å². The van der Waals surface area contributed by atoms with Crippen molar-refractivity contribution in [2.45, 2.75) is 71.9 Å². The van der Waals surface area contributed by atoms with E-state index in [2.05, 4.69) is 33.9 Å². The fraction of sp³-hybridized carbons (Fsp3) is 0.277. The van der Waals surface area contributed by atoms with Gasteiger partial charge in [0.25, 0.3) is 0 Å². The maximum atomic E-state index is 6.96. The van der Waals surface area contributed by atoms with Crippen LogP contribution in [0.3, 0.4) is 0 Å². The number of hydrogen-bond donors (Lipinski definition) is 0. The molecule has 0 aromatic heterocycles. The number of hydrogen-bond acceptors (Lipinski definition) is 7. The van der Waals surface area contributed by atoms with Crippen LogP contribution in [0.1, 0.15) is 48.6 Å². The van der Waals surface area contributed by atoms with Crippen molar-refractivity contribution < 1.29 is 32.8 Å². The molecule has 0 saturated carbocycles. The minimum atomic E-state index is -2.27. The molecule has 0 bridgehead atoms. The molecule has 0 unspecified atom stereocenters. The lowest BCUT2D eigenvalue weighted by Gasteiger charge is -2.36. The molecule has 0 atom stereocenters. The van der Waals surface area contributed by atoms with Crippen LogP contribution >= 0.6 is 0 Å². The monoisotopic (exact) mass is 756 g/mol. The summed E-state index contributed by atoms with van der Waals surface area (Å²) in [5.41, 5.74) is 4.74. The van der Waals surface area contributed by atoms with Gasteiger partial charge in [-0.3, -0.25) is 0 Å². The van der Waals surface area contributed by atoms with Gasteiger partial charge in [0, 0.05) is 6.07 Å². The summed E-state index contributed by atoms with van der Waals surface area (Å²) in [6.45, 7) is 12.6. The first-order valence-corrected chi connectivity index (χ1v) is 21.6. The zero-order chi connectivity index (χ0) is 38.8. The Morgan fingerprint density at radius 1 is 0.436 bits per heavy atom. The Morgan fingerprint density at radius 2 is 0.855 bits per heavy atom. The van der Waals surface area contributed by atoms with Crippen LogP contribution in [-0.4, -0.2) is 22.5 Å². The second-order valence-electron chi connectivity index (χ2n) is 15.0. The standard InChI is InChI=1S/C47H52O7Si/c1-47(2,3)55(6,7)54-33-38-43(49-5)42-41(46(53-32-37-26-18-11-19-27-37)44(38)51-30-35-22-14-9-15-23-35)39(50-29-34-20-12-8-13-21-34)28-40(48-4)45(42)52-31-36-24-16-10-17-25-36/h8-28H,29-33H2,1-7H3. The summed E-state index contributed by atoms with van der Waals surface area (Å²) in [6, 6.07) is 42.2. The van der Waals surface area contributed by atoms with Gasteiger partial charge in [-0.1, -0.05) is 142 Å². The number of methoxy groups -OCH3 is 2. The molecule has 0 aliphatic heterocycles. The lowest BCUT2D eigenvalue weighted by molar-refractivity contribution is 0.232. The van der Waals surface area contributed by atoms with Crippen molar-refractivity contribution in [2.75, 3.05) is 14.2 Å². The van der Waals surface area contributed by atoms with Crippen molar-refractivity contribution in [1.29, 1.82) is 0 Å². The second kappa shape index (κ2) is 17.8. The van der Waals surface area contributed by atoms with E-state index in [-0.39, 0.29) is 24.9 Å². The molecule has 0 N–H and O–H groups in total. The molecule has 55 heavy (non-hydrogen) atoms. The van der Waals surface area contributed by atoms with Crippen LogP contribution in [0.25, 0.3) is 10.8 Å². The Morgan fingerprint density at radius 3 is 1.27 bits per heavy atom. The zero-order valence-electron chi connectivity index (χ0n) is 33.0. The molecule has 0 aliphatic rings. The zero-order valence-corrected chi connectivity index (χ0v) is 34.0. The molecule has 6 aromatic carbocycles. The Balaban J connectivity index is 1.64. The van der Waals surface area contributed by atoms with E-state index in [0.29, 0.717) is 64.0 Å². The fourth-order valence-electron chi connectivity index (χ4n) is 6.01. The first kappa shape index (κ1) is 39.3. The third-order valence-electron chi connectivity index (χ3n) is 10.1. The maximum Gasteiger partial charge on any atom is 0.192 e. The maximum absolute atomic E-state index is 6.96. The van der Waals surface area contributed by atoms with E-state index in [0.717, 1.165) is 22.3 Å². The van der Waals surface area contributed by atoms with Gasteiger partial charge in [0.1, 0.15) is 37.9 Å². The van der Waals surface area contributed by atoms with E-state index in [1.54, 1.807) is 14.2 Å². The van der Waals surface area contributed by atoms with Crippen LogP contribution in [0.15, 0.2) is 127 Å². The van der Waals surface area contributed by atoms with E-state index >= 15 is 0 Å². The number of benzene rings is 6. The van der Waals surface area contributed by atoms with Crippen LogP contribution in [0.4, 0.5) is 0 Å². The van der Waals surface area contributed by atoms with Crippen LogP contribution in [0.5, 0.6) is 34.5 Å². The predicted molar refractivity (Wildman–Crippen MR) is 222 cm³/mol. The van der Waals surface area contributed by atoms with Gasteiger partial charge in [0.15, 0.2) is 31.3 Å². The molecule has 0 radical (unpaired) electrons. The summed E-state index contributed by atoms with van der Waals surface area (Å²) in [5.74, 6) is 3.08. The molecule has 0 saturated heterocycles. The average Bonchev–Trinajstić information content (AvgIpc) is 3.20. The molecule has 7 nitrogen and oxygen atoms in total. The van der Waals surface area contributed by atoms with Crippen molar-refractivity contribution in [2.24, 2.45) is 0 Å². The Labute approximate surface area is 326 Å². The smallest absolute Gasteiger partial charge is 0.192 e. The quantitative estimate of drug-likeness (QED) is 0.0859. The van der Waals surface area contributed by atoms with E-state index in [4.69, 9.17) is 32.8 Å². The van der Waals surface area contributed by atoms with Crippen molar-refractivity contribution in [1.82, 2.24) is 0 Å². The van der Waals surface area contributed by atoms with Crippen LogP contribution in [0, 0.1) is 0 Å². The summed E-state index contributed by atoms with van der Waals surface area (Å²) >= 11 is 0. The third kappa shape index (κ3) is 9.45. The van der Waals surface area contributed by atoms with Crippen molar-refractivity contribution >= 4 is 19.1 Å². The number of fused-ring (bicyclic) bond motifs is 1. The molecule has 0 amide bonds. The van der Waals surface area contributed by atoms with E-state index in [1.165, 1.54) is 0 Å². The highest BCUT2D eigenvalue weighted by Gasteiger charge is 2.39. The van der Waals surface area contributed by atoms with Crippen molar-refractivity contribution in [3.63, 3.8) is 0 Å². The van der Waals surface area contributed by atoms with E-state index in [1.807, 2.05) is 127 Å². The summed E-state index contributed by atoms with van der Waals surface area (Å²) < 4.78 is 46.8. The Kier molecular flexibility index (Phi) is 12.7. The molecule has 0 fully saturated rings. The highest BCUT2D eigenvalue weighted by molar-refractivity contribution is 6.74. The first-order chi connectivity index (χ1) is 26.6. The van der Waals surface area contributed by atoms with Gasteiger partial charge in [0.2, 0.25) is 0 Å². The van der Waals surface area contributed by atoms with Gasteiger partial charge in [-0.25, -0.2) is 0 Å². The van der Waals surface area contributed by atoms with Gasteiger partial charge in [-0.15, -0.1) is 0 Å². The molecular formula is C47H52O7Si.